The molecule has 5 heterocycles. The Morgan fingerprint density at radius 1 is 0.672 bits per heavy atom. The van der Waals surface area contributed by atoms with E-state index in [9.17, 15) is 51.1 Å². The predicted octanol–water partition coefficient (Wildman–Crippen LogP) is -0.425. The van der Waals surface area contributed by atoms with Crippen LogP contribution in [0.25, 0.3) is 0 Å². The molecule has 18 heteroatoms. The van der Waals surface area contributed by atoms with E-state index in [0.717, 1.165) is 44.1 Å². The molecule has 9 rings (SSSR count). The topological polar surface area (TPSA) is 276 Å². The highest BCUT2D eigenvalue weighted by Crippen LogP contribution is 2.71. The van der Waals surface area contributed by atoms with Crippen molar-refractivity contribution in [3.63, 3.8) is 0 Å². The summed E-state index contributed by atoms with van der Waals surface area (Å²) in [6, 6.07) is 0. The Hall–Kier alpha value is -0.980. The van der Waals surface area contributed by atoms with Crippen molar-refractivity contribution >= 4 is 0 Å². The zero-order valence-electron chi connectivity index (χ0n) is 37.9. The molecule has 5 saturated heterocycles. The zero-order valence-corrected chi connectivity index (χ0v) is 37.9. The Balaban J connectivity index is 0.924. The molecular formula is C46H74O18. The summed E-state index contributed by atoms with van der Waals surface area (Å²) < 4.78 is 50.0. The highest BCUT2D eigenvalue weighted by atomic mass is 16.8. The first kappa shape index (κ1) is 48.1. The summed E-state index contributed by atoms with van der Waals surface area (Å²) in [4.78, 5) is 0. The number of rotatable bonds is 8. The predicted molar refractivity (Wildman–Crippen MR) is 220 cm³/mol. The summed E-state index contributed by atoms with van der Waals surface area (Å²) in [6.45, 7) is 11.9. The number of fused-ring (bicyclic) bond motifs is 7. The molecule has 4 aliphatic carbocycles. The van der Waals surface area contributed by atoms with E-state index in [1.807, 2.05) is 6.08 Å². The summed E-state index contributed by atoms with van der Waals surface area (Å²) >= 11 is 0. The van der Waals surface area contributed by atoms with Gasteiger partial charge in [-0.1, -0.05) is 39.3 Å². The van der Waals surface area contributed by atoms with Crippen molar-refractivity contribution in [1.82, 2.24) is 0 Å². The van der Waals surface area contributed by atoms with Crippen molar-refractivity contribution in [3.8, 4) is 0 Å². The molecular weight excluding hydrogens is 840 g/mol. The van der Waals surface area contributed by atoms with Gasteiger partial charge in [0.2, 0.25) is 0 Å². The summed E-state index contributed by atoms with van der Waals surface area (Å²) in [5, 5.41) is 108. The fourth-order valence-electron chi connectivity index (χ4n) is 14.1. The molecule has 3 saturated carbocycles. The molecule has 0 radical (unpaired) electrons. The normalized spacial score (nSPS) is 58.6. The van der Waals surface area contributed by atoms with Gasteiger partial charge in [0.15, 0.2) is 24.7 Å². The Morgan fingerprint density at radius 2 is 1.31 bits per heavy atom. The molecule has 1 spiro atoms. The van der Waals surface area contributed by atoms with Gasteiger partial charge in [-0.05, 0) is 93.3 Å². The molecule has 0 aromatic carbocycles. The van der Waals surface area contributed by atoms with Crippen molar-refractivity contribution in [1.29, 1.82) is 0 Å². The van der Waals surface area contributed by atoms with Gasteiger partial charge < -0.3 is 89.0 Å². The minimum absolute atomic E-state index is 0.0329. The molecule has 0 bridgehead atoms. The van der Waals surface area contributed by atoms with Gasteiger partial charge in [0.1, 0.15) is 61.0 Å². The van der Waals surface area contributed by atoms with E-state index in [1.54, 1.807) is 0 Å². The second-order valence-electron chi connectivity index (χ2n) is 22.0. The highest BCUT2D eigenvalue weighted by Gasteiger charge is 2.70. The molecule has 8 fully saturated rings. The van der Waals surface area contributed by atoms with Gasteiger partial charge in [-0.3, -0.25) is 0 Å². The Bertz CT molecular complexity index is 1690. The number of hydrogen-bond acceptors (Lipinski definition) is 18. The summed E-state index contributed by atoms with van der Waals surface area (Å²) in [5.74, 6) is 0.336. The van der Waals surface area contributed by atoms with Crippen molar-refractivity contribution in [3.05, 3.63) is 11.6 Å². The Kier molecular flexibility index (Phi) is 13.1. The molecule has 5 aliphatic heterocycles. The summed E-state index contributed by atoms with van der Waals surface area (Å²) in [5.41, 5.74) is 0.548. The van der Waals surface area contributed by atoms with Crippen LogP contribution in [0.15, 0.2) is 11.6 Å². The quantitative estimate of drug-likeness (QED) is 0.139. The number of aliphatic hydroxyl groups excluding tert-OH is 10. The largest absolute Gasteiger partial charge is 0.396 e. The van der Waals surface area contributed by atoms with Crippen molar-refractivity contribution in [2.24, 2.45) is 45.8 Å². The smallest absolute Gasteiger partial charge is 0.187 e. The minimum Gasteiger partial charge on any atom is -0.396 e. The van der Waals surface area contributed by atoms with E-state index in [-0.39, 0.29) is 52.6 Å². The van der Waals surface area contributed by atoms with Gasteiger partial charge in [-0.2, -0.15) is 0 Å². The first-order chi connectivity index (χ1) is 30.2. The number of ether oxygens (including phenoxy) is 8. The van der Waals surface area contributed by atoms with E-state index in [0.29, 0.717) is 25.4 Å². The van der Waals surface area contributed by atoms with E-state index >= 15 is 0 Å². The monoisotopic (exact) mass is 914 g/mol. The van der Waals surface area contributed by atoms with Crippen LogP contribution in [0.1, 0.15) is 92.9 Å². The molecule has 27 atom stereocenters. The molecule has 0 amide bonds. The van der Waals surface area contributed by atoms with Gasteiger partial charge in [-0.15, -0.1) is 0 Å². The van der Waals surface area contributed by atoms with Crippen molar-refractivity contribution < 1.29 is 89.0 Å². The lowest BCUT2D eigenvalue weighted by atomic mass is 9.46. The maximum Gasteiger partial charge on any atom is 0.187 e. The average Bonchev–Trinajstić information content (AvgIpc) is 3.72. The van der Waals surface area contributed by atoms with E-state index in [2.05, 4.69) is 27.7 Å². The minimum atomic E-state index is -1.75. The highest BCUT2D eigenvalue weighted by molar-refractivity contribution is 5.29. The SMILES string of the molecule is C[C@@H]1O[C@@H](O[C@H]2[C@H](O[C@H]3CC[C@@]4(C)C(=C[C@H](O)[C@H]5[C@@H]6C[C@@H]7O[C@]8(CC[C@](C)(CO)CO8)[C@@H](C)[C@@H]7[C@@]6(C)CC[C@@H]54)C3)O[C@H](CO)[C@@H](O[C@@H]3O[C@@H](C)[C@H](O)[C@@H](O)[C@H]3O)[C@@H]2O)[C@H](O)[C@H](O)[C@H]1O. The van der Waals surface area contributed by atoms with Gasteiger partial charge in [0.05, 0.1) is 50.3 Å². The first-order valence-corrected chi connectivity index (χ1v) is 23.8. The van der Waals surface area contributed by atoms with Crippen LogP contribution in [-0.4, -0.2) is 187 Å². The zero-order chi connectivity index (χ0) is 46.0. The summed E-state index contributed by atoms with van der Waals surface area (Å²) in [7, 11) is 0. The van der Waals surface area contributed by atoms with E-state index < -0.39 is 117 Å². The maximum absolute atomic E-state index is 12.2. The molecule has 0 unspecified atom stereocenters. The van der Waals surface area contributed by atoms with Crippen molar-refractivity contribution in [2.75, 3.05) is 19.8 Å². The van der Waals surface area contributed by atoms with Crippen LogP contribution in [0.3, 0.4) is 0 Å². The lowest BCUT2D eigenvalue weighted by Crippen LogP contribution is -2.66. The Labute approximate surface area is 374 Å². The van der Waals surface area contributed by atoms with Gasteiger partial charge in [-0.25, -0.2) is 0 Å². The van der Waals surface area contributed by atoms with Crippen LogP contribution in [-0.2, 0) is 37.9 Å². The van der Waals surface area contributed by atoms with Crippen LogP contribution >= 0.6 is 0 Å². The molecule has 18 nitrogen and oxygen atoms in total. The van der Waals surface area contributed by atoms with Crippen LogP contribution in [0.4, 0.5) is 0 Å². The van der Waals surface area contributed by atoms with Crippen molar-refractivity contribution in [2.45, 2.75) is 209 Å². The first-order valence-electron chi connectivity index (χ1n) is 23.8. The van der Waals surface area contributed by atoms with Crippen LogP contribution < -0.4 is 0 Å². The Morgan fingerprint density at radius 3 is 1.91 bits per heavy atom. The van der Waals surface area contributed by atoms with Crippen LogP contribution in [0.5, 0.6) is 0 Å². The van der Waals surface area contributed by atoms with E-state index in [1.165, 1.54) is 13.8 Å². The van der Waals surface area contributed by atoms with Gasteiger partial charge in [0, 0.05) is 17.8 Å². The van der Waals surface area contributed by atoms with Gasteiger partial charge >= 0.3 is 0 Å². The third kappa shape index (κ3) is 7.69. The molecule has 9 aliphatic rings. The molecule has 10 N–H and O–H groups in total. The maximum atomic E-state index is 12.2. The second kappa shape index (κ2) is 17.5. The fraction of sp³-hybridized carbons (Fsp3) is 0.957. The third-order valence-corrected chi connectivity index (χ3v) is 18.2. The molecule has 64 heavy (non-hydrogen) atoms. The van der Waals surface area contributed by atoms with Crippen LogP contribution in [0, 0.1) is 45.8 Å². The fourth-order valence-corrected chi connectivity index (χ4v) is 14.1. The lowest BCUT2D eigenvalue weighted by molar-refractivity contribution is -0.388. The number of hydrogen-bond donors (Lipinski definition) is 10. The second-order valence-corrected chi connectivity index (χ2v) is 22.0. The molecule has 0 aromatic rings. The lowest BCUT2D eigenvalue weighted by Gasteiger charge is -2.60. The molecule has 366 valence electrons. The van der Waals surface area contributed by atoms with E-state index in [4.69, 9.17) is 37.9 Å². The average molecular weight is 915 g/mol. The standard InChI is InChI=1S/C46H74O18/c1-19-30-27(64-46(19)12-11-43(4,17-48)18-57-46)15-25-29-24(8-10-45(25,30)6)44(5)9-7-23(13-22(44)14-26(29)49)60-42-39(63-41-36(55)34(53)32(51)21(3)59-41)37(56)38(28(16-47)61-42)62-40-35(54)33(52)31(50)20(2)58-40/h14,19-21,23-42,47-56H,7-13,15-18H2,1-6H3/t19-,20-,21-,23-,24-,25-,26-,27-,28+,29+,30-,31-,32-,33+,34+,35+,36+,37-,38+,39+,40-,41-,42+,43+,44-,45-,46+/m0/s1. The third-order valence-electron chi connectivity index (χ3n) is 18.2. The number of aliphatic hydroxyl groups is 10. The summed E-state index contributed by atoms with van der Waals surface area (Å²) in [6.07, 6.45) is -15.0. The van der Waals surface area contributed by atoms with Crippen LogP contribution in [0.2, 0.25) is 0 Å². The van der Waals surface area contributed by atoms with Gasteiger partial charge in [0.25, 0.3) is 0 Å². The molecule has 0 aromatic heterocycles.